The van der Waals surface area contributed by atoms with Crippen LogP contribution in [0.15, 0.2) is 47.0 Å². The second-order valence-corrected chi connectivity index (χ2v) is 7.60. The summed E-state index contributed by atoms with van der Waals surface area (Å²) in [6.45, 7) is 5.77. The van der Waals surface area contributed by atoms with Gasteiger partial charge in [-0.1, -0.05) is 36.3 Å². The molecule has 1 aromatic heterocycles. The largest absolute Gasteiger partial charge is 0.493 e. The van der Waals surface area contributed by atoms with Crippen LogP contribution in [-0.2, 0) is 17.8 Å². The summed E-state index contributed by atoms with van der Waals surface area (Å²) in [5, 5.41) is 4.12. The fourth-order valence-electron chi connectivity index (χ4n) is 3.79. The third-order valence-corrected chi connectivity index (χ3v) is 5.53. The minimum atomic E-state index is -0.103. The van der Waals surface area contributed by atoms with Crippen LogP contribution < -0.4 is 9.47 Å². The molecule has 1 amide bonds. The second-order valence-electron chi connectivity index (χ2n) is 7.60. The molecule has 0 bridgehead atoms. The zero-order chi connectivity index (χ0) is 21.8. The Morgan fingerprint density at radius 2 is 1.87 bits per heavy atom. The number of ether oxygens (including phenoxy) is 2. The average molecular weight is 421 g/mol. The zero-order valence-electron chi connectivity index (χ0n) is 18.1. The van der Waals surface area contributed by atoms with Gasteiger partial charge < -0.3 is 18.9 Å². The Hall–Kier alpha value is -3.35. The molecule has 1 saturated heterocycles. The number of benzene rings is 2. The maximum absolute atomic E-state index is 12.6. The summed E-state index contributed by atoms with van der Waals surface area (Å²) in [6, 6.07) is 13.9. The van der Waals surface area contributed by atoms with Crippen LogP contribution in [-0.4, -0.2) is 41.2 Å². The molecule has 2 heterocycles. The van der Waals surface area contributed by atoms with Gasteiger partial charge in [-0.25, -0.2) is 0 Å². The molecule has 162 valence electrons. The number of carbonyl (C=O) groups is 1. The van der Waals surface area contributed by atoms with Crippen LogP contribution in [0.1, 0.15) is 43.2 Å². The quantitative estimate of drug-likeness (QED) is 0.542. The lowest BCUT2D eigenvalue weighted by Gasteiger charge is -2.16. The van der Waals surface area contributed by atoms with E-state index < -0.39 is 0 Å². The van der Waals surface area contributed by atoms with Gasteiger partial charge in [0, 0.05) is 25.1 Å². The van der Waals surface area contributed by atoms with E-state index in [9.17, 15) is 4.79 Å². The fraction of sp³-hybridized carbons (Fsp3) is 0.375. The van der Waals surface area contributed by atoms with Crippen LogP contribution in [0.25, 0.3) is 11.4 Å². The molecule has 0 saturated carbocycles. The van der Waals surface area contributed by atoms with Crippen LogP contribution in [0.4, 0.5) is 0 Å². The Labute approximate surface area is 182 Å². The van der Waals surface area contributed by atoms with Crippen molar-refractivity contribution in [2.75, 3.05) is 20.3 Å². The molecule has 0 aliphatic carbocycles. The lowest BCUT2D eigenvalue weighted by atomic mass is 10.1. The van der Waals surface area contributed by atoms with Gasteiger partial charge in [-0.05, 0) is 42.7 Å². The molecule has 7 heteroatoms. The van der Waals surface area contributed by atoms with E-state index in [0.717, 1.165) is 17.5 Å². The predicted octanol–water partition coefficient (Wildman–Crippen LogP) is 4.22. The summed E-state index contributed by atoms with van der Waals surface area (Å²) in [7, 11) is 1.60. The van der Waals surface area contributed by atoms with E-state index in [4.69, 9.17) is 14.0 Å². The Morgan fingerprint density at radius 3 is 2.58 bits per heavy atom. The minimum absolute atomic E-state index is 0.103. The number of amides is 1. The van der Waals surface area contributed by atoms with Gasteiger partial charge in [0.2, 0.25) is 17.6 Å². The highest BCUT2D eigenvalue weighted by molar-refractivity contribution is 5.79. The van der Waals surface area contributed by atoms with Gasteiger partial charge in [0.15, 0.2) is 11.5 Å². The first-order valence-corrected chi connectivity index (χ1v) is 10.6. The van der Waals surface area contributed by atoms with Gasteiger partial charge in [0.05, 0.1) is 19.6 Å². The number of aryl methyl sites for hydroxylation is 1. The van der Waals surface area contributed by atoms with E-state index >= 15 is 0 Å². The van der Waals surface area contributed by atoms with E-state index in [0.29, 0.717) is 49.3 Å². The first-order valence-electron chi connectivity index (χ1n) is 10.6. The molecule has 7 nitrogen and oxygen atoms in total. The first kappa shape index (κ1) is 20.9. The van der Waals surface area contributed by atoms with Gasteiger partial charge in [-0.15, -0.1) is 0 Å². The highest BCUT2D eigenvalue weighted by atomic mass is 16.5. The van der Waals surface area contributed by atoms with E-state index in [-0.39, 0.29) is 11.8 Å². The molecule has 1 unspecified atom stereocenters. The summed E-state index contributed by atoms with van der Waals surface area (Å²) in [6.07, 6.45) is 1.38. The molecule has 4 rings (SSSR count). The number of hydrogen-bond donors (Lipinski definition) is 0. The molecule has 1 aliphatic rings. The van der Waals surface area contributed by atoms with Crippen molar-refractivity contribution in [3.05, 3.63) is 59.5 Å². The van der Waals surface area contributed by atoms with Crippen LogP contribution in [0.3, 0.4) is 0 Å². The molecule has 1 atom stereocenters. The summed E-state index contributed by atoms with van der Waals surface area (Å²) in [5.41, 5.74) is 3.19. The molecular weight excluding hydrogens is 394 g/mol. The van der Waals surface area contributed by atoms with Gasteiger partial charge >= 0.3 is 0 Å². The number of nitrogens with zero attached hydrogens (tertiary/aromatic N) is 3. The lowest BCUT2D eigenvalue weighted by molar-refractivity contribution is -0.128. The molecular formula is C24H27N3O4. The van der Waals surface area contributed by atoms with Crippen molar-refractivity contribution < 1.29 is 18.8 Å². The van der Waals surface area contributed by atoms with Crippen molar-refractivity contribution in [3.8, 4) is 22.9 Å². The normalized spacial score (nSPS) is 16.0. The predicted molar refractivity (Wildman–Crippen MR) is 116 cm³/mol. The molecule has 1 aliphatic heterocycles. The van der Waals surface area contributed by atoms with Crippen molar-refractivity contribution in [1.29, 1.82) is 0 Å². The second kappa shape index (κ2) is 9.20. The summed E-state index contributed by atoms with van der Waals surface area (Å²) < 4.78 is 16.5. The minimum Gasteiger partial charge on any atom is -0.493 e. The Bertz CT molecular complexity index is 1050. The van der Waals surface area contributed by atoms with E-state index in [1.807, 2.05) is 30.0 Å². The molecule has 0 N–H and O–H groups in total. The van der Waals surface area contributed by atoms with E-state index in [1.54, 1.807) is 7.11 Å². The standard InChI is InChI=1S/C24H27N3O4/c1-4-16-6-8-17(9-7-16)14-27-15-19(13-22(27)28)24-25-23(26-31-24)18-10-11-20(30-5-2)21(12-18)29-3/h6-12,19H,4-5,13-15H2,1-3H3. The number of rotatable bonds is 8. The molecule has 31 heavy (non-hydrogen) atoms. The summed E-state index contributed by atoms with van der Waals surface area (Å²) in [5.74, 6) is 2.24. The topological polar surface area (TPSA) is 77.7 Å². The van der Waals surface area contributed by atoms with Crippen molar-refractivity contribution in [2.24, 2.45) is 0 Å². The molecule has 0 radical (unpaired) electrons. The van der Waals surface area contributed by atoms with Crippen molar-refractivity contribution in [3.63, 3.8) is 0 Å². The van der Waals surface area contributed by atoms with Gasteiger partial charge in [0.1, 0.15) is 0 Å². The van der Waals surface area contributed by atoms with E-state index in [1.165, 1.54) is 5.56 Å². The van der Waals surface area contributed by atoms with Crippen LogP contribution >= 0.6 is 0 Å². The third kappa shape index (κ3) is 4.55. The summed E-state index contributed by atoms with van der Waals surface area (Å²) in [4.78, 5) is 19.0. The Morgan fingerprint density at radius 1 is 1.10 bits per heavy atom. The fourth-order valence-corrected chi connectivity index (χ4v) is 3.79. The Kier molecular flexibility index (Phi) is 6.21. The monoisotopic (exact) mass is 421 g/mol. The molecule has 1 fully saturated rings. The third-order valence-electron chi connectivity index (χ3n) is 5.53. The van der Waals surface area contributed by atoms with Crippen LogP contribution in [0.5, 0.6) is 11.5 Å². The van der Waals surface area contributed by atoms with Crippen LogP contribution in [0, 0.1) is 0 Å². The van der Waals surface area contributed by atoms with Crippen molar-refractivity contribution in [1.82, 2.24) is 15.0 Å². The molecule has 3 aromatic rings. The average Bonchev–Trinajstić information content (AvgIpc) is 3.42. The highest BCUT2D eigenvalue weighted by Gasteiger charge is 2.34. The van der Waals surface area contributed by atoms with E-state index in [2.05, 4.69) is 41.3 Å². The van der Waals surface area contributed by atoms with Crippen LogP contribution in [0.2, 0.25) is 0 Å². The SMILES string of the molecule is CCOc1ccc(-c2noc(C3CC(=O)N(Cc4ccc(CC)cc4)C3)n2)cc1OC. The van der Waals surface area contributed by atoms with Gasteiger partial charge in [-0.2, -0.15) is 4.98 Å². The maximum Gasteiger partial charge on any atom is 0.232 e. The number of aromatic nitrogens is 2. The van der Waals surface area contributed by atoms with Crippen molar-refractivity contribution in [2.45, 2.75) is 39.2 Å². The first-order chi connectivity index (χ1) is 15.1. The number of methoxy groups -OCH3 is 1. The number of hydrogen-bond acceptors (Lipinski definition) is 6. The lowest BCUT2D eigenvalue weighted by Crippen LogP contribution is -2.24. The Balaban J connectivity index is 1.46. The zero-order valence-corrected chi connectivity index (χ0v) is 18.1. The highest BCUT2D eigenvalue weighted by Crippen LogP contribution is 2.33. The molecule has 0 spiro atoms. The summed E-state index contributed by atoms with van der Waals surface area (Å²) >= 11 is 0. The maximum atomic E-state index is 12.6. The van der Waals surface area contributed by atoms with Gasteiger partial charge in [0.25, 0.3) is 0 Å². The van der Waals surface area contributed by atoms with Crippen molar-refractivity contribution >= 4 is 5.91 Å². The number of carbonyl (C=O) groups excluding carboxylic acids is 1. The van der Waals surface area contributed by atoms with Gasteiger partial charge in [-0.3, -0.25) is 4.79 Å². The number of likely N-dealkylation sites (tertiary alicyclic amines) is 1. The smallest absolute Gasteiger partial charge is 0.232 e. The molecule has 2 aromatic carbocycles.